The Bertz CT molecular complexity index is 1120. The molecule has 1 aliphatic rings. The van der Waals surface area contributed by atoms with Crippen molar-refractivity contribution in [1.82, 2.24) is 10.1 Å². The van der Waals surface area contributed by atoms with Crippen LogP contribution in [-0.4, -0.2) is 28.1 Å². The molecule has 30 heavy (non-hydrogen) atoms. The maximum atomic E-state index is 13.1. The Balaban J connectivity index is 1.81. The number of fused-ring (bicyclic) bond motifs is 3. The lowest BCUT2D eigenvalue weighted by Crippen LogP contribution is -2.55. The fourth-order valence-electron chi connectivity index (χ4n) is 3.56. The number of phenolic OH excluding ortho intramolecular Hbond substituents is 1. The van der Waals surface area contributed by atoms with Gasteiger partial charge >= 0.3 is 11.3 Å². The maximum Gasteiger partial charge on any atom is 0.325 e. The standard InChI is InChI=1S/C22H24N4O3S/c1-3-4-7-12-30-22-24-21(28)19-15-8-5-6-9-16(15)23-20(26(19)25-22)14-10-11-17(27)18(13-14)29-2/h5-6,8-11,13,20H,3-4,7,12H2,1-2H3,(H2,24,25,27,28)/p+1/t20-/m0/s1. The van der Waals surface area contributed by atoms with Gasteiger partial charge in [0.2, 0.25) is 5.16 Å². The minimum atomic E-state index is -0.415. The van der Waals surface area contributed by atoms with Gasteiger partial charge in [-0.3, -0.25) is 9.78 Å². The Hall–Kier alpha value is -3.00. The van der Waals surface area contributed by atoms with Gasteiger partial charge in [0.15, 0.2) is 11.5 Å². The number of anilines is 1. The molecule has 0 saturated heterocycles. The number of rotatable bonds is 7. The third-order valence-electron chi connectivity index (χ3n) is 5.09. The number of aromatic hydroxyl groups is 1. The van der Waals surface area contributed by atoms with E-state index in [-0.39, 0.29) is 11.3 Å². The van der Waals surface area contributed by atoms with Gasteiger partial charge in [0.25, 0.3) is 6.17 Å². The highest BCUT2D eigenvalue weighted by atomic mass is 32.2. The van der Waals surface area contributed by atoms with Crippen LogP contribution in [0.3, 0.4) is 0 Å². The van der Waals surface area contributed by atoms with Crippen LogP contribution in [0.25, 0.3) is 11.3 Å². The van der Waals surface area contributed by atoms with Crippen LogP contribution in [0.2, 0.25) is 0 Å². The number of ether oxygens (including phenoxy) is 1. The number of hydrogen-bond donors (Lipinski definition) is 3. The van der Waals surface area contributed by atoms with E-state index in [2.05, 4.69) is 17.2 Å². The number of aromatic amines is 1. The molecule has 7 nitrogen and oxygen atoms in total. The van der Waals surface area contributed by atoms with E-state index in [1.165, 1.54) is 7.11 Å². The zero-order valence-electron chi connectivity index (χ0n) is 17.0. The second-order valence-corrected chi connectivity index (χ2v) is 8.22. The first-order valence-electron chi connectivity index (χ1n) is 10.0. The Morgan fingerprint density at radius 3 is 2.87 bits per heavy atom. The fraction of sp³-hybridized carbons (Fsp3) is 0.318. The van der Waals surface area contributed by atoms with Crippen molar-refractivity contribution >= 4 is 17.4 Å². The molecule has 1 atom stereocenters. The number of phenols is 1. The van der Waals surface area contributed by atoms with Gasteiger partial charge in [-0.25, -0.2) is 0 Å². The van der Waals surface area contributed by atoms with Gasteiger partial charge in [0.05, 0.1) is 18.4 Å². The fourth-order valence-corrected chi connectivity index (χ4v) is 4.42. The first kappa shape index (κ1) is 20.3. The smallest absolute Gasteiger partial charge is 0.325 e. The molecule has 1 aliphatic heterocycles. The maximum absolute atomic E-state index is 13.1. The molecule has 4 rings (SSSR count). The summed E-state index contributed by atoms with van der Waals surface area (Å²) in [6.07, 6.45) is 2.96. The monoisotopic (exact) mass is 425 g/mol. The quantitative estimate of drug-likeness (QED) is 0.304. The second-order valence-electron chi connectivity index (χ2n) is 7.13. The number of H-pyrrole nitrogens is 1. The summed E-state index contributed by atoms with van der Waals surface area (Å²) in [7, 11) is 1.51. The van der Waals surface area contributed by atoms with E-state index in [1.807, 2.05) is 24.3 Å². The van der Waals surface area contributed by atoms with E-state index in [0.717, 1.165) is 41.8 Å². The highest BCUT2D eigenvalue weighted by molar-refractivity contribution is 7.99. The average Bonchev–Trinajstić information content (AvgIpc) is 2.76. The van der Waals surface area contributed by atoms with Crippen LogP contribution in [0.5, 0.6) is 11.5 Å². The summed E-state index contributed by atoms with van der Waals surface area (Å²) in [6, 6.07) is 12.8. The molecule has 2 aromatic carbocycles. The summed E-state index contributed by atoms with van der Waals surface area (Å²) in [5, 5.41) is 18.8. The van der Waals surface area contributed by atoms with Crippen LogP contribution in [0, 0.1) is 0 Å². The van der Waals surface area contributed by atoms with E-state index in [0.29, 0.717) is 16.6 Å². The third-order valence-corrected chi connectivity index (χ3v) is 6.04. The third kappa shape index (κ3) is 3.87. The molecule has 0 radical (unpaired) electrons. The number of para-hydroxylation sites is 1. The van der Waals surface area contributed by atoms with Gasteiger partial charge in [-0.05, 0) is 41.4 Å². The van der Waals surface area contributed by atoms with E-state index >= 15 is 0 Å². The molecular formula is C22H25N4O3S+. The summed E-state index contributed by atoms with van der Waals surface area (Å²) >= 11 is 1.56. The lowest BCUT2D eigenvalue weighted by atomic mass is 10.0. The molecule has 0 fully saturated rings. The number of thioether (sulfide) groups is 1. The van der Waals surface area contributed by atoms with Crippen molar-refractivity contribution in [2.45, 2.75) is 37.5 Å². The SMILES string of the molecule is CCCCCSc1n[n+]2c(c(=O)[nH]1)-c1ccccc1N[C@@H]2c1ccc(O)c(OC)c1. The lowest BCUT2D eigenvalue weighted by molar-refractivity contribution is -0.759. The van der Waals surface area contributed by atoms with E-state index in [9.17, 15) is 9.90 Å². The summed E-state index contributed by atoms with van der Waals surface area (Å²) in [6.45, 7) is 2.17. The molecule has 0 amide bonds. The summed E-state index contributed by atoms with van der Waals surface area (Å²) in [5.41, 5.74) is 2.80. The van der Waals surface area contributed by atoms with Crippen molar-refractivity contribution in [2.24, 2.45) is 0 Å². The highest BCUT2D eigenvalue weighted by Crippen LogP contribution is 2.34. The van der Waals surface area contributed by atoms with Crippen molar-refractivity contribution < 1.29 is 14.5 Å². The molecule has 1 aromatic heterocycles. The number of nitrogens with zero attached hydrogens (tertiary/aromatic N) is 2. The van der Waals surface area contributed by atoms with Crippen molar-refractivity contribution in [2.75, 3.05) is 18.2 Å². The highest BCUT2D eigenvalue weighted by Gasteiger charge is 2.37. The predicted molar refractivity (Wildman–Crippen MR) is 117 cm³/mol. The number of aromatic nitrogens is 3. The Kier molecular flexibility index (Phi) is 5.94. The zero-order chi connectivity index (χ0) is 21.1. The molecule has 0 aliphatic carbocycles. The Labute approximate surface area is 179 Å². The van der Waals surface area contributed by atoms with Gasteiger partial charge in [-0.2, -0.15) is 0 Å². The number of hydrogen-bond acceptors (Lipinski definition) is 6. The molecular weight excluding hydrogens is 400 g/mol. The first-order valence-corrected chi connectivity index (χ1v) is 11.0. The summed E-state index contributed by atoms with van der Waals surface area (Å²) in [4.78, 5) is 16.0. The Morgan fingerprint density at radius 2 is 2.07 bits per heavy atom. The van der Waals surface area contributed by atoms with Crippen LogP contribution in [0.1, 0.15) is 37.9 Å². The number of benzene rings is 2. The molecule has 0 spiro atoms. The van der Waals surface area contributed by atoms with Crippen LogP contribution in [0.4, 0.5) is 5.69 Å². The molecule has 2 heterocycles. The molecule has 156 valence electrons. The second kappa shape index (κ2) is 8.79. The Morgan fingerprint density at radius 1 is 1.23 bits per heavy atom. The van der Waals surface area contributed by atoms with Crippen molar-refractivity contribution in [3.05, 3.63) is 58.4 Å². The van der Waals surface area contributed by atoms with E-state index < -0.39 is 6.17 Å². The number of methoxy groups -OCH3 is 1. The van der Waals surface area contributed by atoms with Crippen LogP contribution in [-0.2, 0) is 0 Å². The zero-order valence-corrected chi connectivity index (χ0v) is 17.8. The van der Waals surface area contributed by atoms with Gasteiger partial charge in [-0.1, -0.05) is 43.7 Å². The largest absolute Gasteiger partial charge is 0.504 e. The van der Waals surface area contributed by atoms with Gasteiger partial charge in [0, 0.05) is 16.4 Å². The minimum Gasteiger partial charge on any atom is -0.504 e. The molecule has 0 unspecified atom stereocenters. The van der Waals surface area contributed by atoms with E-state index in [1.54, 1.807) is 34.6 Å². The van der Waals surface area contributed by atoms with Crippen LogP contribution < -0.4 is 20.3 Å². The summed E-state index contributed by atoms with van der Waals surface area (Å²) in [5.74, 6) is 1.33. The number of nitrogens with one attached hydrogen (secondary N) is 2. The minimum absolute atomic E-state index is 0.0636. The number of unbranched alkanes of at least 4 members (excludes halogenated alkanes) is 2. The normalized spacial score (nSPS) is 14.5. The molecule has 3 N–H and O–H groups in total. The first-order chi connectivity index (χ1) is 14.6. The molecule has 3 aromatic rings. The van der Waals surface area contributed by atoms with Crippen LogP contribution in [0.15, 0.2) is 52.4 Å². The predicted octanol–water partition coefficient (Wildman–Crippen LogP) is 3.69. The van der Waals surface area contributed by atoms with E-state index in [4.69, 9.17) is 9.84 Å². The van der Waals surface area contributed by atoms with Crippen molar-refractivity contribution in [3.8, 4) is 22.8 Å². The van der Waals surface area contributed by atoms with Gasteiger partial charge < -0.3 is 15.2 Å². The van der Waals surface area contributed by atoms with Crippen molar-refractivity contribution in [1.29, 1.82) is 0 Å². The summed E-state index contributed by atoms with van der Waals surface area (Å²) < 4.78 is 7.01. The van der Waals surface area contributed by atoms with Crippen molar-refractivity contribution in [3.63, 3.8) is 0 Å². The average molecular weight is 426 g/mol. The lowest BCUT2D eigenvalue weighted by Gasteiger charge is -2.22. The van der Waals surface area contributed by atoms with Gasteiger partial charge in [-0.15, -0.1) is 0 Å². The van der Waals surface area contributed by atoms with Gasteiger partial charge in [0.1, 0.15) is 0 Å². The topological polar surface area (TPSA) is 91.1 Å². The van der Waals surface area contributed by atoms with Crippen LogP contribution >= 0.6 is 11.8 Å². The molecule has 8 heteroatoms. The molecule has 0 bridgehead atoms. The molecule has 0 saturated carbocycles.